The van der Waals surface area contributed by atoms with Crippen LogP contribution in [0.4, 0.5) is 0 Å². The lowest BCUT2D eigenvalue weighted by Gasteiger charge is -2.23. The highest BCUT2D eigenvalue weighted by molar-refractivity contribution is 6.16. The molecule has 0 spiro atoms. The zero-order valence-electron chi connectivity index (χ0n) is 64.0. The average Bonchev–Trinajstić information content (AvgIpc) is 1.58. The van der Waals surface area contributed by atoms with Gasteiger partial charge in [-0.05, 0) is 125 Å². The first kappa shape index (κ1) is 67.3. The van der Waals surface area contributed by atoms with Crippen molar-refractivity contribution < 1.29 is 4.42 Å². The van der Waals surface area contributed by atoms with Crippen LogP contribution in [-0.4, -0.2) is 48.2 Å². The second-order valence-corrected chi connectivity index (χ2v) is 30.4. The molecular formula is C108H66N10O. The second kappa shape index (κ2) is 27.2. The van der Waals surface area contributed by atoms with E-state index in [0.717, 1.165) is 188 Å². The second-order valence-electron chi connectivity index (χ2n) is 30.4. The zero-order chi connectivity index (χ0) is 78.2. The van der Waals surface area contributed by atoms with Crippen LogP contribution in [0, 0.1) is 0 Å². The van der Waals surface area contributed by atoms with Crippen LogP contribution < -0.4 is 0 Å². The van der Waals surface area contributed by atoms with E-state index in [-0.39, 0.29) is 0 Å². The summed E-state index contributed by atoms with van der Waals surface area (Å²) in [5.41, 5.74) is 25.0. The van der Waals surface area contributed by atoms with Crippen LogP contribution in [0.15, 0.2) is 405 Å². The predicted molar refractivity (Wildman–Crippen MR) is 487 cm³/mol. The summed E-state index contributed by atoms with van der Waals surface area (Å²) in [6.07, 6.45) is 0. The predicted octanol–water partition coefficient (Wildman–Crippen LogP) is 27.3. The summed E-state index contributed by atoms with van der Waals surface area (Å²) in [5, 5.41) is 11.2. The third-order valence-corrected chi connectivity index (χ3v) is 23.7. The van der Waals surface area contributed by atoms with Crippen molar-refractivity contribution in [3.8, 4) is 124 Å². The van der Waals surface area contributed by atoms with E-state index in [1.807, 2.05) is 54.6 Å². The molecule has 554 valence electrons. The Morgan fingerprint density at radius 3 is 0.849 bits per heavy atom. The van der Waals surface area contributed by atoms with Crippen LogP contribution in [0.5, 0.6) is 0 Å². The van der Waals surface area contributed by atoms with E-state index in [4.69, 9.17) is 34.3 Å². The molecular weight excluding hydrogens is 1450 g/mol. The summed E-state index contributed by atoms with van der Waals surface area (Å²) in [5.74, 6) is 3.29. The molecule has 0 aliphatic carbocycles. The molecule has 11 nitrogen and oxygen atoms in total. The van der Waals surface area contributed by atoms with Gasteiger partial charge in [0.2, 0.25) is 0 Å². The van der Waals surface area contributed by atoms with Gasteiger partial charge in [-0.3, -0.25) is 0 Å². The molecule has 0 aliphatic heterocycles. The van der Waals surface area contributed by atoms with Gasteiger partial charge in [0.25, 0.3) is 0 Å². The molecule has 119 heavy (non-hydrogen) atoms. The van der Waals surface area contributed by atoms with Gasteiger partial charge in [-0.2, -0.15) is 0 Å². The fourth-order valence-corrected chi connectivity index (χ4v) is 18.4. The Morgan fingerprint density at radius 2 is 0.462 bits per heavy atom. The van der Waals surface area contributed by atoms with Gasteiger partial charge < -0.3 is 22.7 Å². The highest BCUT2D eigenvalue weighted by atomic mass is 16.3. The van der Waals surface area contributed by atoms with E-state index < -0.39 is 0 Å². The number of rotatable bonds is 13. The van der Waals surface area contributed by atoms with Gasteiger partial charge in [-0.25, -0.2) is 29.9 Å². The minimum atomic E-state index is 0.531. The highest BCUT2D eigenvalue weighted by Crippen LogP contribution is 2.50. The maximum atomic E-state index is 7.12. The molecule has 0 aliphatic rings. The van der Waals surface area contributed by atoms with Crippen molar-refractivity contribution in [2.45, 2.75) is 0 Å². The topological polar surface area (TPSA) is 110 Å². The van der Waals surface area contributed by atoms with Crippen molar-refractivity contribution in [3.63, 3.8) is 0 Å². The minimum Gasteiger partial charge on any atom is -0.456 e. The lowest BCUT2D eigenvalue weighted by Crippen LogP contribution is -2.08. The fraction of sp³-hybridized carbons (Fsp3) is 0. The summed E-state index contributed by atoms with van der Waals surface area (Å²) < 4.78 is 16.9. The normalized spacial score (nSPS) is 11.9. The summed E-state index contributed by atoms with van der Waals surface area (Å²) in [7, 11) is 0. The van der Waals surface area contributed by atoms with Gasteiger partial charge in [0.15, 0.2) is 34.9 Å². The van der Waals surface area contributed by atoms with Crippen molar-refractivity contribution >= 4 is 109 Å². The summed E-state index contributed by atoms with van der Waals surface area (Å²) in [6.45, 7) is 0. The molecule has 7 heterocycles. The Kier molecular flexibility index (Phi) is 15.4. The van der Waals surface area contributed by atoms with Crippen LogP contribution in [-0.2, 0) is 0 Å². The molecule has 7 aromatic heterocycles. The molecule has 0 atom stereocenters. The lowest BCUT2D eigenvalue weighted by molar-refractivity contribution is 0.669. The highest BCUT2D eigenvalue weighted by Gasteiger charge is 2.31. The minimum absolute atomic E-state index is 0.531. The number of hydrogen-bond acceptors (Lipinski definition) is 7. The number of benzene rings is 17. The fourth-order valence-electron chi connectivity index (χ4n) is 18.4. The molecule has 0 saturated heterocycles. The van der Waals surface area contributed by atoms with E-state index in [0.29, 0.717) is 34.9 Å². The Labute approximate surface area is 682 Å². The Balaban J connectivity index is 0.702. The average molecular weight is 1520 g/mol. The third kappa shape index (κ3) is 10.8. The van der Waals surface area contributed by atoms with Gasteiger partial charge in [0, 0.05) is 98.4 Å². The Hall–Kier alpha value is -16.2. The van der Waals surface area contributed by atoms with Gasteiger partial charge >= 0.3 is 0 Å². The first-order valence-corrected chi connectivity index (χ1v) is 40.2. The number of hydrogen-bond donors (Lipinski definition) is 0. The number of aromatic nitrogens is 10. The lowest BCUT2D eigenvalue weighted by atomic mass is 9.93. The standard InChI is InChI=1S/C108H66N10O/c1-5-30-67(31-6-1)99-84(59-61-95(115-87-48-21-13-40-75(87)76-41-14-22-49-88(76)115)101(99)117-91-52-25-17-44-79(91)80-45-18-26-53-92(80)117)107-113-105(70-36-11-4-12-37-70)110-106(114-107)74-39-29-38-71(64-74)72-56-58-83-86-65-73(57-63-97(86)119-98(83)66-72)100-85(108-111-103(68-32-7-2-8-33-68)109-104(112-108)69-34-9-3-10-35-69)60-62-96(116-89-50-23-15-42-77(89)78-43-16-24-51-90(78)116)102(100)118-93-54-27-19-46-81(93)82-47-20-28-55-94(82)118/h1-66H. The van der Waals surface area contributed by atoms with Crippen molar-refractivity contribution in [1.82, 2.24) is 48.2 Å². The quantitative estimate of drug-likeness (QED) is 0.113. The van der Waals surface area contributed by atoms with E-state index in [2.05, 4.69) is 364 Å². The van der Waals surface area contributed by atoms with Crippen LogP contribution >= 0.6 is 0 Å². The molecule has 0 radical (unpaired) electrons. The molecule has 0 fully saturated rings. The third-order valence-electron chi connectivity index (χ3n) is 23.7. The van der Waals surface area contributed by atoms with Gasteiger partial charge in [0.1, 0.15) is 11.2 Å². The van der Waals surface area contributed by atoms with E-state index >= 15 is 0 Å². The SMILES string of the molecule is c1ccc(-c2nc(-c3cccc(-c4ccc5c(c4)oc4ccc(-c6c(-c7nc(-c8ccccc8)nc(-c8ccccc8)n7)ccc(-n7c8ccccc8c8ccccc87)c6-n6c7ccccc7c7ccccc76)cc45)c3)nc(-c3ccc(-n4c5ccccc5c5ccccc54)c(-n4c5ccccc5c5ccccc54)c3-c3ccccc3)n2)cc1. The van der Waals surface area contributed by atoms with E-state index in [1.54, 1.807) is 0 Å². The molecule has 24 rings (SSSR count). The van der Waals surface area contributed by atoms with Crippen LogP contribution in [0.2, 0.25) is 0 Å². The van der Waals surface area contributed by atoms with Crippen molar-refractivity contribution in [2.24, 2.45) is 0 Å². The van der Waals surface area contributed by atoms with Crippen LogP contribution in [0.1, 0.15) is 0 Å². The molecule has 24 aromatic rings. The van der Waals surface area contributed by atoms with Crippen LogP contribution in [0.25, 0.3) is 234 Å². The van der Waals surface area contributed by atoms with E-state index in [9.17, 15) is 0 Å². The summed E-state index contributed by atoms with van der Waals surface area (Å²) in [4.78, 5) is 32.9. The number of nitrogens with zero attached hydrogens (tertiary/aromatic N) is 10. The van der Waals surface area contributed by atoms with Crippen molar-refractivity contribution in [2.75, 3.05) is 0 Å². The zero-order valence-corrected chi connectivity index (χ0v) is 64.0. The molecule has 17 aromatic carbocycles. The van der Waals surface area contributed by atoms with Gasteiger partial charge in [0.05, 0.1) is 66.9 Å². The van der Waals surface area contributed by atoms with Gasteiger partial charge in [-0.1, -0.05) is 297 Å². The molecule has 0 N–H and O–H groups in total. The maximum absolute atomic E-state index is 7.12. The summed E-state index contributed by atoms with van der Waals surface area (Å²) in [6, 6.07) is 142. The molecule has 0 saturated carbocycles. The molecule has 0 amide bonds. The number of furan rings is 1. The van der Waals surface area contributed by atoms with Crippen LogP contribution in [0.3, 0.4) is 0 Å². The Morgan fingerprint density at radius 1 is 0.168 bits per heavy atom. The monoisotopic (exact) mass is 1520 g/mol. The first-order chi connectivity index (χ1) is 59.0. The molecule has 0 unspecified atom stereocenters. The number of fused-ring (bicyclic) bond motifs is 15. The molecule has 11 heteroatoms. The maximum Gasteiger partial charge on any atom is 0.164 e. The summed E-state index contributed by atoms with van der Waals surface area (Å²) >= 11 is 0. The molecule has 0 bridgehead atoms. The number of para-hydroxylation sites is 8. The van der Waals surface area contributed by atoms with E-state index in [1.165, 1.54) is 10.8 Å². The smallest absolute Gasteiger partial charge is 0.164 e. The van der Waals surface area contributed by atoms with Crippen molar-refractivity contribution in [3.05, 3.63) is 400 Å². The largest absolute Gasteiger partial charge is 0.456 e. The first-order valence-electron chi connectivity index (χ1n) is 40.2. The van der Waals surface area contributed by atoms with Gasteiger partial charge in [-0.15, -0.1) is 0 Å². The Bertz CT molecular complexity index is 7970. The van der Waals surface area contributed by atoms with Crippen molar-refractivity contribution in [1.29, 1.82) is 0 Å².